The molecule has 1 aliphatic rings. The van der Waals surface area contributed by atoms with Gasteiger partial charge < -0.3 is 14.5 Å². The van der Waals surface area contributed by atoms with E-state index in [1.54, 1.807) is 0 Å². The van der Waals surface area contributed by atoms with Gasteiger partial charge in [0.2, 0.25) is 0 Å². The largest absolute Gasteiger partial charge is 0.457 e. The molecule has 308 valence electrons. The van der Waals surface area contributed by atoms with Gasteiger partial charge in [-0.2, -0.15) is 0 Å². The first-order valence-electron chi connectivity index (χ1n) is 21.7. The highest BCUT2D eigenvalue weighted by Crippen LogP contribution is 2.47. The van der Waals surface area contributed by atoms with Crippen LogP contribution >= 0.6 is 11.3 Å². The molecule has 0 unspecified atom stereocenters. The third-order valence-corrected chi connectivity index (χ3v) is 13.6. The molecule has 0 bridgehead atoms. The molecule has 0 N–H and O–H groups in total. The number of thiophene rings is 1. The highest BCUT2D eigenvalue weighted by molar-refractivity contribution is 7.26. The number of anilines is 2. The molecule has 3 aromatic heterocycles. The maximum atomic E-state index is 6.92. The predicted molar refractivity (Wildman–Crippen MR) is 267 cm³/mol. The fraction of sp³-hybridized carbons (Fsp3) is 0.140. The van der Waals surface area contributed by atoms with Gasteiger partial charge in [0.15, 0.2) is 0 Å². The first kappa shape index (κ1) is 38.7. The molecule has 10 aromatic rings. The van der Waals surface area contributed by atoms with Crippen LogP contribution in [0.2, 0.25) is 0 Å². The van der Waals surface area contributed by atoms with Crippen LogP contribution in [0, 0.1) is 20.8 Å². The molecule has 0 amide bonds. The molecule has 0 radical (unpaired) electrons. The van der Waals surface area contributed by atoms with Crippen LogP contribution in [0.1, 0.15) is 54.2 Å². The molecule has 1 aliphatic heterocycles. The van der Waals surface area contributed by atoms with Crippen molar-refractivity contribution >= 4 is 76.1 Å². The van der Waals surface area contributed by atoms with Gasteiger partial charge >= 0.3 is 0 Å². The van der Waals surface area contributed by atoms with Gasteiger partial charge in [-0.05, 0) is 91.4 Å². The van der Waals surface area contributed by atoms with Crippen LogP contribution in [0.15, 0.2) is 170 Å². The lowest BCUT2D eigenvalue weighted by Crippen LogP contribution is -2.28. The van der Waals surface area contributed by atoms with E-state index in [-0.39, 0.29) is 5.41 Å². The predicted octanol–water partition coefficient (Wildman–Crippen LogP) is 15.4. The minimum Gasteiger partial charge on any atom is -0.457 e. The van der Waals surface area contributed by atoms with Gasteiger partial charge in [0.25, 0.3) is 0 Å². The summed E-state index contributed by atoms with van der Waals surface area (Å²) in [5.41, 5.74) is 14.2. The summed E-state index contributed by atoms with van der Waals surface area (Å²) in [5.74, 6) is 2.43. The van der Waals surface area contributed by atoms with E-state index in [4.69, 9.17) is 9.72 Å². The number of rotatable bonds is 7. The molecule has 0 saturated heterocycles. The van der Waals surface area contributed by atoms with Gasteiger partial charge in [-0.15, -0.1) is 11.3 Å². The lowest BCUT2D eigenvalue weighted by Gasteiger charge is -2.28. The molecular weight excluding hydrogens is 789 g/mol. The molecular formula is C57H48N4OS. The molecule has 63 heavy (non-hydrogen) atoms. The van der Waals surface area contributed by atoms with Gasteiger partial charge in [-0.25, -0.2) is 4.98 Å². The number of aryl methyl sites for hydroxylation is 3. The average molecular weight is 837 g/mol. The lowest BCUT2D eigenvalue weighted by atomic mass is 9.88. The molecule has 0 atom stereocenters. The normalized spacial score (nSPS) is 13.4. The highest BCUT2D eigenvalue weighted by atomic mass is 32.1. The van der Waals surface area contributed by atoms with Crippen molar-refractivity contribution in [1.82, 2.24) is 9.55 Å². The van der Waals surface area contributed by atoms with Crippen LogP contribution in [0.25, 0.3) is 59.2 Å². The lowest BCUT2D eigenvalue weighted by molar-refractivity contribution is 0.483. The third-order valence-electron chi connectivity index (χ3n) is 12.5. The Balaban J connectivity index is 1.06. The van der Waals surface area contributed by atoms with Gasteiger partial charge in [0.1, 0.15) is 24.0 Å². The smallest absolute Gasteiger partial charge is 0.137 e. The van der Waals surface area contributed by atoms with Gasteiger partial charge in [-0.3, -0.25) is 4.57 Å². The Hall–Kier alpha value is -7.15. The van der Waals surface area contributed by atoms with E-state index in [9.17, 15) is 0 Å². The van der Waals surface area contributed by atoms with E-state index < -0.39 is 0 Å². The standard InChI is InChI=1S/C57H48N4OS/c1-36-30-37(2)53(38(3)31-36)60-35-59(54(39-16-9-7-10-17-39)55(60)40-18-11-8-12-19-40)42-20-15-21-43(33-42)62-44-24-25-45-46-26-27-50-52(47-22-13-14-23-49(47)63-50)56(46)61(48(45)34-44)51-32-41(28-29-58-51)57(4,5)6/h7-34H,35H2,1-6H3. The Morgan fingerprint density at radius 3 is 1.97 bits per heavy atom. The van der Waals surface area contributed by atoms with Crippen molar-refractivity contribution in [2.45, 2.75) is 47.0 Å². The average Bonchev–Trinajstić information content (AvgIpc) is 3.96. The molecule has 11 rings (SSSR count). The van der Waals surface area contributed by atoms with Crippen LogP contribution in [0.5, 0.6) is 11.5 Å². The van der Waals surface area contributed by atoms with E-state index in [1.807, 2.05) is 17.5 Å². The van der Waals surface area contributed by atoms with Crippen molar-refractivity contribution in [3.05, 3.63) is 203 Å². The first-order chi connectivity index (χ1) is 30.6. The number of hydrogen-bond donors (Lipinski definition) is 0. The van der Waals surface area contributed by atoms with Crippen LogP contribution in [0.3, 0.4) is 0 Å². The van der Waals surface area contributed by atoms with Gasteiger partial charge in [0, 0.05) is 71.8 Å². The zero-order chi connectivity index (χ0) is 43.0. The van der Waals surface area contributed by atoms with Crippen LogP contribution in [-0.4, -0.2) is 16.2 Å². The summed E-state index contributed by atoms with van der Waals surface area (Å²) in [5, 5.41) is 4.89. The molecule has 0 fully saturated rings. The number of hydrogen-bond acceptors (Lipinski definition) is 5. The Morgan fingerprint density at radius 1 is 0.571 bits per heavy atom. The second kappa shape index (κ2) is 15.0. The summed E-state index contributed by atoms with van der Waals surface area (Å²) in [6, 6.07) is 58.9. The number of nitrogens with zero attached hydrogens (tertiary/aromatic N) is 4. The quantitative estimate of drug-likeness (QED) is 0.160. The molecule has 0 aliphatic carbocycles. The second-order valence-electron chi connectivity index (χ2n) is 17.9. The van der Waals surface area contributed by atoms with Crippen molar-refractivity contribution in [2.75, 3.05) is 16.5 Å². The Bertz CT molecular complexity index is 3400. The fourth-order valence-electron chi connectivity index (χ4n) is 9.76. The SMILES string of the molecule is Cc1cc(C)c(N2CN(c3cccc(Oc4ccc5c6ccc7sc8ccccc8c7c6n(-c6cc(C(C)(C)C)ccn6)c5c4)c3)C(c3ccccc3)=C2c2ccccc2)c(C)c1. The fourth-order valence-corrected chi connectivity index (χ4v) is 10.9. The molecule has 5 nitrogen and oxygen atoms in total. The summed E-state index contributed by atoms with van der Waals surface area (Å²) in [7, 11) is 0. The topological polar surface area (TPSA) is 33.5 Å². The van der Waals surface area contributed by atoms with Crippen molar-refractivity contribution in [1.29, 1.82) is 0 Å². The van der Waals surface area contributed by atoms with E-state index in [0.29, 0.717) is 6.67 Å². The third kappa shape index (κ3) is 6.64. The monoisotopic (exact) mass is 836 g/mol. The number of ether oxygens (including phenoxy) is 1. The molecule has 7 aromatic carbocycles. The van der Waals surface area contributed by atoms with Crippen molar-refractivity contribution < 1.29 is 4.74 Å². The van der Waals surface area contributed by atoms with Crippen LogP contribution in [0.4, 0.5) is 11.4 Å². The van der Waals surface area contributed by atoms with E-state index in [0.717, 1.165) is 45.2 Å². The summed E-state index contributed by atoms with van der Waals surface area (Å²) < 4.78 is 11.8. The summed E-state index contributed by atoms with van der Waals surface area (Å²) >= 11 is 1.84. The summed E-state index contributed by atoms with van der Waals surface area (Å²) in [6.07, 6.45) is 1.95. The van der Waals surface area contributed by atoms with Crippen molar-refractivity contribution in [2.24, 2.45) is 0 Å². The van der Waals surface area contributed by atoms with Crippen LogP contribution < -0.4 is 14.5 Å². The number of pyridine rings is 1. The van der Waals surface area contributed by atoms with Gasteiger partial charge in [-0.1, -0.05) is 129 Å². The summed E-state index contributed by atoms with van der Waals surface area (Å²) in [4.78, 5) is 9.99. The number of aromatic nitrogens is 2. The maximum Gasteiger partial charge on any atom is 0.137 e. The minimum absolute atomic E-state index is 0.0400. The number of fused-ring (bicyclic) bond motifs is 7. The van der Waals surface area contributed by atoms with E-state index in [2.05, 4.69) is 220 Å². The Kier molecular flexibility index (Phi) is 9.25. The van der Waals surface area contributed by atoms with Crippen LogP contribution in [-0.2, 0) is 5.41 Å². The van der Waals surface area contributed by atoms with Crippen molar-refractivity contribution in [3.63, 3.8) is 0 Å². The highest BCUT2D eigenvalue weighted by Gasteiger charge is 2.34. The minimum atomic E-state index is -0.0400. The molecule has 6 heteroatoms. The molecule has 0 saturated carbocycles. The Labute approximate surface area is 372 Å². The van der Waals surface area contributed by atoms with Gasteiger partial charge in [0.05, 0.1) is 22.4 Å². The second-order valence-corrected chi connectivity index (χ2v) is 19.0. The first-order valence-corrected chi connectivity index (χ1v) is 22.5. The number of benzene rings is 7. The zero-order valence-corrected chi connectivity index (χ0v) is 37.3. The maximum absolute atomic E-state index is 6.92. The molecule has 4 heterocycles. The van der Waals surface area contributed by atoms with E-state index >= 15 is 0 Å². The summed E-state index contributed by atoms with van der Waals surface area (Å²) in [6.45, 7) is 14.1. The van der Waals surface area contributed by atoms with E-state index in [1.165, 1.54) is 70.3 Å². The van der Waals surface area contributed by atoms with Crippen molar-refractivity contribution in [3.8, 4) is 17.3 Å². The molecule has 0 spiro atoms. The Morgan fingerprint density at radius 2 is 1.24 bits per heavy atom. The zero-order valence-electron chi connectivity index (χ0n) is 36.5.